The van der Waals surface area contributed by atoms with Crippen molar-refractivity contribution in [2.45, 2.75) is 144 Å². The second kappa shape index (κ2) is 16.7. The van der Waals surface area contributed by atoms with E-state index in [0.29, 0.717) is 42.6 Å². The first-order chi connectivity index (χ1) is 23.5. The van der Waals surface area contributed by atoms with Crippen LogP contribution >= 0.6 is 0 Å². The summed E-state index contributed by atoms with van der Waals surface area (Å²) in [6.07, 6.45) is 13.4. The fourth-order valence-corrected chi connectivity index (χ4v) is 8.39. The number of benzene rings is 3. The van der Waals surface area contributed by atoms with Crippen LogP contribution in [0.5, 0.6) is 23.0 Å². The molecular weight excluding hydrogens is 604 g/mol. The van der Waals surface area contributed by atoms with Gasteiger partial charge in [0.1, 0.15) is 28.6 Å². The van der Waals surface area contributed by atoms with Gasteiger partial charge in [0.25, 0.3) is 0 Å². The molecule has 0 spiro atoms. The monoisotopic (exact) mass is 668 g/mol. The van der Waals surface area contributed by atoms with Crippen molar-refractivity contribution in [3.63, 3.8) is 0 Å². The lowest BCUT2D eigenvalue weighted by Crippen LogP contribution is -2.29. The van der Waals surface area contributed by atoms with E-state index in [1.807, 2.05) is 6.07 Å². The Morgan fingerprint density at radius 1 is 0.837 bits per heavy atom. The Labute approximate surface area is 298 Å². The van der Waals surface area contributed by atoms with Gasteiger partial charge in [0.2, 0.25) is 0 Å². The number of ether oxygens (including phenoxy) is 3. The number of hydrogen-bond acceptors (Lipinski definition) is 4. The molecule has 1 fully saturated rings. The van der Waals surface area contributed by atoms with Crippen LogP contribution in [0.3, 0.4) is 0 Å². The molecule has 0 aromatic heterocycles. The highest BCUT2D eigenvalue weighted by atomic mass is 16.5. The van der Waals surface area contributed by atoms with Crippen molar-refractivity contribution in [3.8, 4) is 34.1 Å². The maximum Gasteiger partial charge on any atom is 0.132 e. The van der Waals surface area contributed by atoms with Crippen LogP contribution in [0.1, 0.15) is 146 Å². The summed E-state index contributed by atoms with van der Waals surface area (Å²) in [6, 6.07) is 15.4. The van der Waals surface area contributed by atoms with Gasteiger partial charge in [0, 0.05) is 17.5 Å². The number of phenolic OH excluding ortho intramolecular Hbond substituents is 1. The second-order valence-electron chi connectivity index (χ2n) is 16.1. The average Bonchev–Trinajstić information content (AvgIpc) is 3.04. The predicted molar refractivity (Wildman–Crippen MR) is 205 cm³/mol. The van der Waals surface area contributed by atoms with E-state index in [1.54, 1.807) is 0 Å². The summed E-state index contributed by atoms with van der Waals surface area (Å²) in [6.45, 7) is 19.1. The van der Waals surface area contributed by atoms with Crippen LogP contribution in [0.4, 0.5) is 0 Å². The molecule has 4 heteroatoms. The van der Waals surface area contributed by atoms with Gasteiger partial charge in [-0.3, -0.25) is 0 Å². The van der Waals surface area contributed by atoms with E-state index in [0.717, 1.165) is 66.9 Å². The van der Waals surface area contributed by atoms with Gasteiger partial charge in [-0.1, -0.05) is 90.5 Å². The minimum absolute atomic E-state index is 0.314. The van der Waals surface area contributed by atoms with Crippen molar-refractivity contribution in [3.05, 3.63) is 70.3 Å². The summed E-state index contributed by atoms with van der Waals surface area (Å²) in [5.41, 5.74) is 7.77. The number of unbranched alkanes of at least 4 members (excludes halogenated alkanes) is 4. The largest absolute Gasteiger partial charge is 0.508 e. The van der Waals surface area contributed by atoms with Crippen molar-refractivity contribution in [1.29, 1.82) is 0 Å². The SMILES string of the molecule is CCCCCc1cc(OCCCOc2cc(CCCCC)cc(O)c2[C@@H]2C[C@@H](C)CC[C@H]2C(C)C)c2c(c1)OC(C)(C)c1ccc(C)cc1-2. The number of aromatic hydroxyl groups is 1. The summed E-state index contributed by atoms with van der Waals surface area (Å²) < 4.78 is 20.0. The quantitative estimate of drug-likeness (QED) is 0.154. The van der Waals surface area contributed by atoms with Gasteiger partial charge in [-0.25, -0.2) is 0 Å². The lowest BCUT2D eigenvalue weighted by molar-refractivity contribution is 0.105. The predicted octanol–water partition coefficient (Wildman–Crippen LogP) is 12.5. The Hall–Kier alpha value is -3.14. The molecule has 0 unspecified atom stereocenters. The van der Waals surface area contributed by atoms with E-state index >= 15 is 0 Å². The zero-order chi connectivity index (χ0) is 35.1. The highest BCUT2D eigenvalue weighted by molar-refractivity contribution is 5.82. The van der Waals surface area contributed by atoms with E-state index in [4.69, 9.17) is 14.2 Å². The Balaban J connectivity index is 1.37. The molecule has 1 N–H and O–H groups in total. The molecule has 3 aromatic carbocycles. The third kappa shape index (κ3) is 8.97. The van der Waals surface area contributed by atoms with E-state index in [-0.39, 0.29) is 0 Å². The fourth-order valence-electron chi connectivity index (χ4n) is 8.39. The molecule has 1 heterocycles. The number of fused-ring (bicyclic) bond motifs is 3. The van der Waals surface area contributed by atoms with Crippen LogP contribution in [0.2, 0.25) is 0 Å². The third-order valence-corrected chi connectivity index (χ3v) is 11.1. The molecule has 49 heavy (non-hydrogen) atoms. The number of phenols is 1. The van der Waals surface area contributed by atoms with Gasteiger partial charge in [-0.05, 0) is 124 Å². The Kier molecular flexibility index (Phi) is 12.7. The normalized spacial score (nSPS) is 19.7. The summed E-state index contributed by atoms with van der Waals surface area (Å²) in [4.78, 5) is 0. The third-order valence-electron chi connectivity index (χ3n) is 11.1. The standard InChI is InChI=1S/C45H64O4/c1-9-11-13-16-33-26-39(46)43(36-24-31(5)18-20-35(36)30(3)4)40(27-33)47-22-15-23-48-41-28-34(17-14-12-10-2)29-42-44(41)37-25-32(6)19-21-38(37)45(7,8)49-42/h19,21,25-31,35-36,46H,9-18,20,22-24H2,1-8H3/t31-,35-,36+/m0/s1. The Morgan fingerprint density at radius 3 is 2.16 bits per heavy atom. The molecule has 0 amide bonds. The minimum Gasteiger partial charge on any atom is -0.508 e. The second-order valence-corrected chi connectivity index (χ2v) is 16.1. The van der Waals surface area contributed by atoms with Crippen LogP contribution in [-0.2, 0) is 18.4 Å². The summed E-state index contributed by atoms with van der Waals surface area (Å²) in [7, 11) is 0. The van der Waals surface area contributed by atoms with Gasteiger partial charge in [-0.15, -0.1) is 0 Å². The maximum absolute atomic E-state index is 11.6. The van der Waals surface area contributed by atoms with Crippen molar-refractivity contribution < 1.29 is 19.3 Å². The van der Waals surface area contributed by atoms with Gasteiger partial charge < -0.3 is 19.3 Å². The van der Waals surface area contributed by atoms with Crippen molar-refractivity contribution in [1.82, 2.24) is 0 Å². The smallest absolute Gasteiger partial charge is 0.132 e. The van der Waals surface area contributed by atoms with Crippen LogP contribution in [0.25, 0.3) is 11.1 Å². The molecule has 2 aliphatic rings. The maximum atomic E-state index is 11.6. The lowest BCUT2D eigenvalue weighted by atomic mass is 9.67. The van der Waals surface area contributed by atoms with E-state index in [1.165, 1.54) is 66.3 Å². The lowest BCUT2D eigenvalue weighted by Gasteiger charge is -2.38. The zero-order valence-electron chi connectivity index (χ0n) is 31.9. The molecule has 0 bridgehead atoms. The highest BCUT2D eigenvalue weighted by Crippen LogP contribution is 2.51. The van der Waals surface area contributed by atoms with Crippen LogP contribution in [-0.4, -0.2) is 18.3 Å². The Bertz CT molecular complexity index is 1540. The molecule has 4 nitrogen and oxygen atoms in total. The molecule has 5 rings (SSSR count). The van der Waals surface area contributed by atoms with E-state index in [9.17, 15) is 5.11 Å². The topological polar surface area (TPSA) is 47.9 Å². The number of hydrogen-bond donors (Lipinski definition) is 1. The summed E-state index contributed by atoms with van der Waals surface area (Å²) in [5, 5.41) is 11.6. The van der Waals surface area contributed by atoms with Crippen molar-refractivity contribution in [2.75, 3.05) is 13.2 Å². The molecule has 1 saturated carbocycles. The van der Waals surface area contributed by atoms with E-state index in [2.05, 4.69) is 91.8 Å². The first-order valence-electron chi connectivity index (χ1n) is 19.6. The summed E-state index contributed by atoms with van der Waals surface area (Å²) in [5.74, 6) is 5.21. The Morgan fingerprint density at radius 2 is 1.49 bits per heavy atom. The molecule has 268 valence electrons. The minimum atomic E-state index is -0.414. The van der Waals surface area contributed by atoms with Crippen molar-refractivity contribution in [2.24, 2.45) is 17.8 Å². The first-order valence-corrected chi connectivity index (χ1v) is 19.6. The number of rotatable bonds is 16. The van der Waals surface area contributed by atoms with Crippen LogP contribution in [0, 0.1) is 24.7 Å². The van der Waals surface area contributed by atoms with Crippen molar-refractivity contribution >= 4 is 0 Å². The molecule has 1 aliphatic carbocycles. The van der Waals surface area contributed by atoms with Gasteiger partial charge in [0.15, 0.2) is 0 Å². The van der Waals surface area contributed by atoms with Gasteiger partial charge in [-0.2, -0.15) is 0 Å². The highest BCUT2D eigenvalue weighted by Gasteiger charge is 2.36. The number of aryl methyl sites for hydroxylation is 3. The molecule has 0 radical (unpaired) electrons. The zero-order valence-corrected chi connectivity index (χ0v) is 31.9. The van der Waals surface area contributed by atoms with Crippen LogP contribution in [0.15, 0.2) is 42.5 Å². The van der Waals surface area contributed by atoms with Gasteiger partial charge >= 0.3 is 0 Å². The molecule has 3 atom stereocenters. The molecular formula is C45H64O4. The molecule has 3 aromatic rings. The molecule has 0 saturated heterocycles. The average molecular weight is 669 g/mol. The van der Waals surface area contributed by atoms with Gasteiger partial charge in [0.05, 0.1) is 18.8 Å². The fraction of sp³-hybridized carbons (Fsp3) is 0.600. The van der Waals surface area contributed by atoms with E-state index < -0.39 is 5.60 Å². The first kappa shape index (κ1) is 37.1. The summed E-state index contributed by atoms with van der Waals surface area (Å²) >= 11 is 0. The molecule has 1 aliphatic heterocycles. The van der Waals surface area contributed by atoms with Crippen LogP contribution < -0.4 is 14.2 Å².